The van der Waals surface area contributed by atoms with Gasteiger partial charge in [0, 0.05) is 20.6 Å². The normalized spacial score (nSPS) is 10.6. The van der Waals surface area contributed by atoms with Gasteiger partial charge in [0.05, 0.1) is 13.0 Å². The summed E-state index contributed by atoms with van der Waals surface area (Å²) in [6, 6.07) is 0. The lowest BCUT2D eigenvalue weighted by Crippen LogP contribution is -2.32. The molecule has 98 valence electrons. The van der Waals surface area contributed by atoms with Crippen molar-refractivity contribution in [2.45, 2.75) is 13.3 Å². The van der Waals surface area contributed by atoms with Crippen molar-refractivity contribution in [2.24, 2.45) is 0 Å². The second-order valence-electron chi connectivity index (χ2n) is 2.81. The standard InChI is InChI=1S/C7H16N2O2.H2O4S/c1-4-11-7(10)5-6-8-9(2)3;1-5(2,3)4/h8H,4-6H2,1-3H3;(H2,1,2,3,4). The lowest BCUT2D eigenvalue weighted by Gasteiger charge is -2.10. The topological polar surface area (TPSA) is 116 Å². The van der Waals surface area contributed by atoms with Crippen LogP contribution in [0.2, 0.25) is 0 Å². The van der Waals surface area contributed by atoms with Crippen LogP contribution in [-0.4, -0.2) is 55.7 Å². The SMILES string of the molecule is CCOC(=O)CCNN(C)C.O=S(=O)(O)O. The Bertz CT molecular complexity index is 269. The minimum Gasteiger partial charge on any atom is -0.466 e. The van der Waals surface area contributed by atoms with Gasteiger partial charge >= 0.3 is 16.4 Å². The molecule has 0 unspecified atom stereocenters. The van der Waals surface area contributed by atoms with Gasteiger partial charge in [-0.25, -0.2) is 0 Å². The molecule has 3 N–H and O–H groups in total. The van der Waals surface area contributed by atoms with Crippen molar-refractivity contribution >= 4 is 16.4 Å². The van der Waals surface area contributed by atoms with Crippen LogP contribution in [0.15, 0.2) is 0 Å². The van der Waals surface area contributed by atoms with Gasteiger partial charge in [-0.15, -0.1) is 0 Å². The molecule has 0 aliphatic heterocycles. The number of carbonyl (C=O) groups is 1. The zero-order valence-electron chi connectivity index (χ0n) is 9.50. The lowest BCUT2D eigenvalue weighted by atomic mass is 10.4. The smallest absolute Gasteiger partial charge is 0.394 e. The molecule has 0 aliphatic carbocycles. The third-order valence-electron chi connectivity index (χ3n) is 1.06. The number of carbonyl (C=O) groups excluding carboxylic acids is 1. The largest absolute Gasteiger partial charge is 0.466 e. The Morgan fingerprint density at radius 2 is 1.81 bits per heavy atom. The van der Waals surface area contributed by atoms with Crippen LogP contribution in [0.25, 0.3) is 0 Å². The van der Waals surface area contributed by atoms with E-state index in [2.05, 4.69) is 5.43 Å². The van der Waals surface area contributed by atoms with Crippen LogP contribution in [0.4, 0.5) is 0 Å². The highest BCUT2D eigenvalue weighted by molar-refractivity contribution is 7.79. The second-order valence-corrected chi connectivity index (χ2v) is 3.70. The van der Waals surface area contributed by atoms with Crippen LogP contribution < -0.4 is 5.43 Å². The monoisotopic (exact) mass is 258 g/mol. The molecule has 0 bridgehead atoms. The molecule has 9 heteroatoms. The molecule has 8 nitrogen and oxygen atoms in total. The van der Waals surface area contributed by atoms with Gasteiger partial charge in [-0.3, -0.25) is 24.3 Å². The summed E-state index contributed by atoms with van der Waals surface area (Å²) >= 11 is 0. The van der Waals surface area contributed by atoms with Crippen LogP contribution in [0.3, 0.4) is 0 Å². The molecule has 0 aromatic rings. The van der Waals surface area contributed by atoms with E-state index >= 15 is 0 Å². The quantitative estimate of drug-likeness (QED) is 0.338. The molecule has 0 amide bonds. The molecule has 0 saturated carbocycles. The number of hydrogen-bond acceptors (Lipinski definition) is 6. The minimum atomic E-state index is -4.67. The van der Waals surface area contributed by atoms with E-state index in [1.165, 1.54) is 0 Å². The highest BCUT2D eigenvalue weighted by atomic mass is 32.3. The summed E-state index contributed by atoms with van der Waals surface area (Å²) in [7, 11) is -0.906. The first-order valence-corrected chi connectivity index (χ1v) is 5.82. The first kappa shape index (κ1) is 17.6. The predicted molar refractivity (Wildman–Crippen MR) is 57.1 cm³/mol. The average molecular weight is 258 g/mol. The molecule has 0 fully saturated rings. The van der Waals surface area contributed by atoms with Gasteiger partial charge in [-0.05, 0) is 6.92 Å². The average Bonchev–Trinajstić information content (AvgIpc) is 2.00. The van der Waals surface area contributed by atoms with Crippen molar-refractivity contribution in [1.82, 2.24) is 10.4 Å². The fraction of sp³-hybridized carbons (Fsp3) is 0.857. The maximum absolute atomic E-state index is 10.7. The van der Waals surface area contributed by atoms with Crippen LogP contribution in [0.1, 0.15) is 13.3 Å². The summed E-state index contributed by atoms with van der Waals surface area (Å²) in [4.78, 5) is 10.7. The van der Waals surface area contributed by atoms with E-state index in [-0.39, 0.29) is 5.97 Å². The van der Waals surface area contributed by atoms with Gasteiger partial charge in [-0.1, -0.05) is 0 Å². The zero-order valence-corrected chi connectivity index (χ0v) is 10.3. The Hall–Kier alpha value is -0.740. The number of ether oxygens (including phenoxy) is 1. The molecule has 16 heavy (non-hydrogen) atoms. The van der Waals surface area contributed by atoms with Gasteiger partial charge in [0.15, 0.2) is 0 Å². The van der Waals surface area contributed by atoms with Crippen molar-refractivity contribution in [3.05, 3.63) is 0 Å². The summed E-state index contributed by atoms with van der Waals surface area (Å²) in [5.41, 5.74) is 2.97. The van der Waals surface area contributed by atoms with Crippen molar-refractivity contribution in [1.29, 1.82) is 0 Å². The fourth-order valence-electron chi connectivity index (χ4n) is 0.615. The molecule has 0 spiro atoms. The molecular formula is C7H18N2O6S. The molecule has 0 radical (unpaired) electrons. The van der Waals surface area contributed by atoms with Crippen molar-refractivity contribution in [3.63, 3.8) is 0 Å². The molecule has 0 saturated heterocycles. The molecule has 0 aromatic carbocycles. The Balaban J connectivity index is 0. The van der Waals surface area contributed by atoms with E-state index in [1.807, 2.05) is 14.1 Å². The number of nitrogens with one attached hydrogen (secondary N) is 1. The molecule has 0 rings (SSSR count). The van der Waals surface area contributed by atoms with E-state index in [9.17, 15) is 4.79 Å². The van der Waals surface area contributed by atoms with Gasteiger partial charge in [0.1, 0.15) is 0 Å². The van der Waals surface area contributed by atoms with Crippen LogP contribution in [-0.2, 0) is 19.9 Å². The Labute approximate surface area is 95.1 Å². The number of hydrazine groups is 1. The third kappa shape index (κ3) is 29.2. The Kier molecular flexibility index (Phi) is 10.5. The molecule has 0 aliphatic rings. The number of nitrogens with zero attached hydrogens (tertiary/aromatic N) is 1. The number of esters is 1. The molecule has 0 aromatic heterocycles. The highest BCUT2D eigenvalue weighted by Crippen LogP contribution is 1.83. The van der Waals surface area contributed by atoms with E-state index in [4.69, 9.17) is 22.3 Å². The van der Waals surface area contributed by atoms with Crippen molar-refractivity contribution < 1.29 is 27.1 Å². The first-order valence-electron chi connectivity index (χ1n) is 4.43. The second kappa shape index (κ2) is 9.48. The molecule has 0 atom stereocenters. The molecule has 0 heterocycles. The van der Waals surface area contributed by atoms with E-state index < -0.39 is 10.4 Å². The fourth-order valence-corrected chi connectivity index (χ4v) is 0.615. The van der Waals surface area contributed by atoms with E-state index in [1.54, 1.807) is 11.9 Å². The third-order valence-corrected chi connectivity index (χ3v) is 1.06. The highest BCUT2D eigenvalue weighted by Gasteiger charge is 1.99. The van der Waals surface area contributed by atoms with Crippen molar-refractivity contribution in [2.75, 3.05) is 27.2 Å². The minimum absolute atomic E-state index is 0.151. The van der Waals surface area contributed by atoms with Gasteiger partial charge in [0.25, 0.3) is 0 Å². The summed E-state index contributed by atoms with van der Waals surface area (Å²) in [6.45, 7) is 2.89. The first-order chi connectivity index (χ1) is 7.16. The van der Waals surface area contributed by atoms with Crippen molar-refractivity contribution in [3.8, 4) is 0 Å². The van der Waals surface area contributed by atoms with Crippen LogP contribution in [0, 0.1) is 0 Å². The zero-order chi connectivity index (χ0) is 13.2. The Morgan fingerprint density at radius 3 is 2.12 bits per heavy atom. The molecular weight excluding hydrogens is 240 g/mol. The summed E-state index contributed by atoms with van der Waals surface area (Å²) < 4.78 is 36.3. The van der Waals surface area contributed by atoms with Crippen LogP contribution >= 0.6 is 0 Å². The number of hydrogen-bond donors (Lipinski definition) is 3. The maximum Gasteiger partial charge on any atom is 0.394 e. The van der Waals surface area contributed by atoms with Crippen LogP contribution in [0.5, 0.6) is 0 Å². The van der Waals surface area contributed by atoms with E-state index in [0.29, 0.717) is 19.6 Å². The summed E-state index contributed by atoms with van der Waals surface area (Å²) in [6.07, 6.45) is 0.423. The number of rotatable bonds is 5. The summed E-state index contributed by atoms with van der Waals surface area (Å²) in [5.74, 6) is -0.151. The lowest BCUT2D eigenvalue weighted by molar-refractivity contribution is -0.143. The Morgan fingerprint density at radius 1 is 1.38 bits per heavy atom. The summed E-state index contributed by atoms with van der Waals surface area (Å²) in [5, 5.41) is 1.80. The van der Waals surface area contributed by atoms with Gasteiger partial charge < -0.3 is 4.74 Å². The van der Waals surface area contributed by atoms with E-state index in [0.717, 1.165) is 0 Å². The van der Waals surface area contributed by atoms with Gasteiger partial charge in [0.2, 0.25) is 0 Å². The maximum atomic E-state index is 10.7. The van der Waals surface area contributed by atoms with Gasteiger partial charge in [-0.2, -0.15) is 8.42 Å². The predicted octanol–water partition coefficient (Wildman–Crippen LogP) is -0.647.